The summed E-state index contributed by atoms with van der Waals surface area (Å²) in [6.07, 6.45) is 3.16. The van der Waals surface area contributed by atoms with Gasteiger partial charge in [-0.2, -0.15) is 0 Å². The van der Waals surface area contributed by atoms with E-state index in [2.05, 4.69) is 4.90 Å². The third kappa shape index (κ3) is 7.22. The molecule has 0 radical (unpaired) electrons. The summed E-state index contributed by atoms with van der Waals surface area (Å²) in [6.45, 7) is 1.93. The molecule has 0 bridgehead atoms. The van der Waals surface area contributed by atoms with Gasteiger partial charge in [0.25, 0.3) is 0 Å². The Morgan fingerprint density at radius 1 is 0.878 bits per heavy atom. The first-order chi connectivity index (χ1) is 18.8. The van der Waals surface area contributed by atoms with Gasteiger partial charge in [0.15, 0.2) is 0 Å². The number of likely N-dealkylation sites (tertiary alicyclic amines) is 1. The number of aryl methyl sites for hydroxylation is 1. The summed E-state index contributed by atoms with van der Waals surface area (Å²) in [5.74, 6) is 0.783. The summed E-state index contributed by atoms with van der Waals surface area (Å²) in [5.41, 5.74) is 4.47. The van der Waals surface area contributed by atoms with Gasteiger partial charge >= 0.3 is 10.2 Å². The molecular formula is C31H35F6NO2S. The molecule has 2 aliphatic rings. The lowest BCUT2D eigenvalue weighted by Gasteiger charge is -2.40. The monoisotopic (exact) mass is 599 g/mol. The van der Waals surface area contributed by atoms with Crippen LogP contribution in [0.15, 0.2) is 71.6 Å². The summed E-state index contributed by atoms with van der Waals surface area (Å²) < 4.78 is 85.4. The minimum absolute atomic E-state index is 0. The number of nitrogens with zero attached hydrogens (tertiary/aromatic N) is 1. The molecule has 5 rings (SSSR count). The SMILES string of the molecule is C.Oc1ccc2c(c1)CCCC(c1ccc(S(F)(F)(F)(F)F)cc1)=C2c1ccc(O[C@H]2CCN(CCCF)C2)cc1. The highest BCUT2D eigenvalue weighted by molar-refractivity contribution is 8.45. The highest BCUT2D eigenvalue weighted by Gasteiger charge is 2.65. The lowest BCUT2D eigenvalue weighted by Crippen LogP contribution is -2.26. The Morgan fingerprint density at radius 2 is 1.56 bits per heavy atom. The smallest absolute Gasteiger partial charge is 0.310 e. The number of ether oxygens (including phenoxy) is 1. The third-order valence-electron chi connectivity index (χ3n) is 7.46. The molecular weight excluding hydrogens is 564 g/mol. The van der Waals surface area contributed by atoms with Crippen molar-refractivity contribution >= 4 is 21.4 Å². The normalized spacial score (nSPS) is 19.5. The number of phenols is 1. The van der Waals surface area contributed by atoms with Crippen LogP contribution in [-0.2, 0) is 6.42 Å². The Labute approximate surface area is 237 Å². The van der Waals surface area contributed by atoms with E-state index in [4.69, 9.17) is 4.74 Å². The van der Waals surface area contributed by atoms with Crippen molar-refractivity contribution in [2.75, 3.05) is 26.3 Å². The highest BCUT2D eigenvalue weighted by atomic mass is 32.5. The van der Waals surface area contributed by atoms with Crippen LogP contribution in [0.5, 0.6) is 11.5 Å². The Balaban J connectivity index is 0.00000387. The van der Waals surface area contributed by atoms with E-state index in [0.29, 0.717) is 55.7 Å². The van der Waals surface area contributed by atoms with Gasteiger partial charge in [-0.3, -0.25) is 9.29 Å². The van der Waals surface area contributed by atoms with Gasteiger partial charge in [-0.1, -0.05) is 57.2 Å². The zero-order valence-corrected chi connectivity index (χ0v) is 22.6. The molecule has 0 amide bonds. The van der Waals surface area contributed by atoms with Gasteiger partial charge in [0.2, 0.25) is 0 Å². The van der Waals surface area contributed by atoms with Gasteiger partial charge in [0, 0.05) is 19.6 Å². The summed E-state index contributed by atoms with van der Waals surface area (Å²) in [4.78, 5) is 0.261. The molecule has 1 atom stereocenters. The van der Waals surface area contributed by atoms with E-state index < -0.39 is 15.1 Å². The molecule has 1 aliphatic carbocycles. The molecule has 3 aromatic rings. The largest absolute Gasteiger partial charge is 0.508 e. The number of hydrogen-bond donors (Lipinski definition) is 1. The maximum absolute atomic E-state index is 13.4. The molecule has 224 valence electrons. The topological polar surface area (TPSA) is 32.7 Å². The first-order valence-electron chi connectivity index (χ1n) is 13.3. The van der Waals surface area contributed by atoms with E-state index >= 15 is 0 Å². The molecule has 0 unspecified atom stereocenters. The van der Waals surface area contributed by atoms with Crippen LogP contribution >= 0.6 is 10.2 Å². The first kappa shape index (κ1) is 30.8. The zero-order valence-electron chi connectivity index (χ0n) is 21.8. The second kappa shape index (κ2) is 10.9. The van der Waals surface area contributed by atoms with Gasteiger partial charge in [-0.25, -0.2) is 0 Å². The molecule has 10 heteroatoms. The molecule has 1 heterocycles. The van der Waals surface area contributed by atoms with E-state index in [1.807, 2.05) is 24.3 Å². The number of fused-ring (bicyclic) bond motifs is 1. The quantitative estimate of drug-likeness (QED) is 0.262. The van der Waals surface area contributed by atoms with Gasteiger partial charge < -0.3 is 9.84 Å². The summed E-state index contributed by atoms with van der Waals surface area (Å²) >= 11 is 0. The van der Waals surface area contributed by atoms with Gasteiger partial charge in [0.1, 0.15) is 22.5 Å². The molecule has 3 aromatic carbocycles. The fourth-order valence-electron chi connectivity index (χ4n) is 5.58. The van der Waals surface area contributed by atoms with E-state index in [1.165, 1.54) is 0 Å². The molecule has 1 saturated heterocycles. The fourth-order valence-corrected chi connectivity index (χ4v) is 6.23. The average Bonchev–Trinajstić information content (AvgIpc) is 3.25. The Morgan fingerprint density at radius 3 is 2.22 bits per heavy atom. The average molecular weight is 600 g/mol. The minimum atomic E-state index is -9.79. The van der Waals surface area contributed by atoms with Crippen molar-refractivity contribution < 1.29 is 33.7 Å². The van der Waals surface area contributed by atoms with Crippen molar-refractivity contribution in [1.29, 1.82) is 0 Å². The van der Waals surface area contributed by atoms with Crippen molar-refractivity contribution in [3.05, 3.63) is 89.0 Å². The van der Waals surface area contributed by atoms with Gasteiger partial charge in [0.05, 0.1) is 6.67 Å². The van der Waals surface area contributed by atoms with Crippen LogP contribution in [0.4, 0.5) is 23.8 Å². The predicted octanol–water partition coefficient (Wildman–Crippen LogP) is 9.79. The van der Waals surface area contributed by atoms with Crippen LogP contribution in [0.1, 0.15) is 55.4 Å². The number of hydrogen-bond acceptors (Lipinski definition) is 3. The number of allylic oxidation sites excluding steroid dienone is 1. The molecule has 0 saturated carbocycles. The van der Waals surface area contributed by atoms with Crippen molar-refractivity contribution in [2.24, 2.45) is 0 Å². The maximum atomic E-state index is 13.4. The highest BCUT2D eigenvalue weighted by Crippen LogP contribution is 3.02. The molecule has 0 spiro atoms. The first-order valence-corrected chi connectivity index (χ1v) is 15.2. The number of alkyl halides is 1. The standard InChI is InChI=1S/C30H31F6NO2S.CH4/c31-16-2-17-37-18-15-26(20-37)39-25-10-5-22(6-11-25)30-28(4-1-3-23-19-24(38)9-14-29(23)30)21-7-12-27(13-8-21)40(32,33,34,35)36;/h5-14,19,26,38H,1-4,15-18,20H2;1H4/t26-;/m0./s1. The minimum Gasteiger partial charge on any atom is -0.508 e. The Hall–Kier alpha value is -3.11. The third-order valence-corrected chi connectivity index (χ3v) is 8.63. The van der Waals surface area contributed by atoms with Crippen LogP contribution in [0, 0.1) is 0 Å². The number of phenolic OH excluding ortho intramolecular Hbond substituents is 1. The van der Waals surface area contributed by atoms with E-state index in [0.717, 1.165) is 59.5 Å². The van der Waals surface area contributed by atoms with Gasteiger partial charge in [-0.15, -0.1) is 0 Å². The number of halogens is 6. The predicted molar refractivity (Wildman–Crippen MR) is 154 cm³/mol. The van der Waals surface area contributed by atoms with Crippen LogP contribution in [0.2, 0.25) is 0 Å². The Kier molecular flexibility index (Phi) is 8.23. The number of benzene rings is 3. The molecule has 41 heavy (non-hydrogen) atoms. The maximum Gasteiger partial charge on any atom is 0.310 e. The van der Waals surface area contributed by atoms with Crippen LogP contribution < -0.4 is 4.74 Å². The second-order valence-corrected chi connectivity index (χ2v) is 12.8. The van der Waals surface area contributed by atoms with Crippen LogP contribution in [-0.4, -0.2) is 42.4 Å². The molecule has 1 N–H and O–H groups in total. The Bertz CT molecular complexity index is 1410. The van der Waals surface area contributed by atoms with Crippen molar-refractivity contribution in [3.8, 4) is 11.5 Å². The van der Waals surface area contributed by atoms with E-state index in [9.17, 15) is 28.9 Å². The van der Waals surface area contributed by atoms with Crippen molar-refractivity contribution in [1.82, 2.24) is 4.90 Å². The van der Waals surface area contributed by atoms with Crippen LogP contribution in [0.3, 0.4) is 0 Å². The second-order valence-electron chi connectivity index (χ2n) is 10.4. The summed E-state index contributed by atoms with van der Waals surface area (Å²) in [6, 6.07) is 15.6. The molecule has 3 nitrogen and oxygen atoms in total. The number of rotatable bonds is 8. The molecule has 1 fully saturated rings. The molecule has 1 aliphatic heterocycles. The number of aromatic hydroxyl groups is 1. The van der Waals surface area contributed by atoms with Crippen molar-refractivity contribution in [2.45, 2.75) is 50.5 Å². The van der Waals surface area contributed by atoms with Crippen LogP contribution in [0.25, 0.3) is 11.1 Å². The summed E-state index contributed by atoms with van der Waals surface area (Å²) in [5, 5.41) is 10.1. The molecule has 0 aromatic heterocycles. The zero-order chi connectivity index (χ0) is 28.6. The fraction of sp³-hybridized carbons (Fsp3) is 0.355. The lowest BCUT2D eigenvalue weighted by molar-refractivity contribution is 0.198. The van der Waals surface area contributed by atoms with E-state index in [-0.39, 0.29) is 26.0 Å². The van der Waals surface area contributed by atoms with Crippen molar-refractivity contribution in [3.63, 3.8) is 0 Å². The van der Waals surface area contributed by atoms with Gasteiger partial charge in [-0.05, 0) is 102 Å². The summed E-state index contributed by atoms with van der Waals surface area (Å²) in [7, 11) is -9.79. The lowest BCUT2D eigenvalue weighted by atomic mass is 9.88. The van der Waals surface area contributed by atoms with E-state index in [1.54, 1.807) is 18.2 Å².